The third-order valence-electron chi connectivity index (χ3n) is 3.01. The van der Waals surface area contributed by atoms with E-state index in [0.717, 1.165) is 25.7 Å². The van der Waals surface area contributed by atoms with Crippen LogP contribution < -0.4 is 5.32 Å². The van der Waals surface area contributed by atoms with E-state index < -0.39 is 11.6 Å². The standard InChI is InChI=1S/C13H23NO4/c1-13(2,3)18-12(17)9-4-6-10(7-5-9)14-8-11(15)16/h9-10,14H,4-8H2,1-3H3,(H,15,16). The molecule has 0 radical (unpaired) electrons. The van der Waals surface area contributed by atoms with Crippen LogP contribution in [0.25, 0.3) is 0 Å². The van der Waals surface area contributed by atoms with E-state index >= 15 is 0 Å². The van der Waals surface area contributed by atoms with E-state index in [0.29, 0.717) is 0 Å². The molecular formula is C13H23NO4. The van der Waals surface area contributed by atoms with E-state index in [4.69, 9.17) is 9.84 Å². The summed E-state index contributed by atoms with van der Waals surface area (Å²) in [6.45, 7) is 5.59. The molecule has 1 saturated carbocycles. The molecule has 1 aliphatic rings. The van der Waals surface area contributed by atoms with Crippen molar-refractivity contribution in [2.45, 2.75) is 58.1 Å². The van der Waals surface area contributed by atoms with E-state index in [2.05, 4.69) is 5.32 Å². The maximum absolute atomic E-state index is 11.8. The zero-order valence-corrected chi connectivity index (χ0v) is 11.4. The van der Waals surface area contributed by atoms with Crippen molar-refractivity contribution in [1.29, 1.82) is 0 Å². The second-order valence-electron chi connectivity index (χ2n) is 5.86. The molecule has 5 nitrogen and oxygen atoms in total. The summed E-state index contributed by atoms with van der Waals surface area (Å²) in [5, 5.41) is 11.6. The van der Waals surface area contributed by atoms with Crippen LogP contribution in [-0.4, -0.2) is 35.2 Å². The average molecular weight is 257 g/mol. The van der Waals surface area contributed by atoms with Crippen LogP contribution in [0.2, 0.25) is 0 Å². The van der Waals surface area contributed by atoms with Gasteiger partial charge in [0.1, 0.15) is 5.60 Å². The van der Waals surface area contributed by atoms with Crippen molar-refractivity contribution in [2.24, 2.45) is 5.92 Å². The fourth-order valence-electron chi connectivity index (χ4n) is 2.15. The highest BCUT2D eigenvalue weighted by atomic mass is 16.6. The van der Waals surface area contributed by atoms with Crippen molar-refractivity contribution in [3.05, 3.63) is 0 Å². The average Bonchev–Trinajstić information content (AvgIpc) is 2.24. The van der Waals surface area contributed by atoms with Gasteiger partial charge in [0, 0.05) is 6.04 Å². The summed E-state index contributed by atoms with van der Waals surface area (Å²) < 4.78 is 5.36. The third-order valence-corrected chi connectivity index (χ3v) is 3.01. The molecule has 0 aromatic carbocycles. The first-order valence-corrected chi connectivity index (χ1v) is 6.46. The van der Waals surface area contributed by atoms with Crippen LogP contribution in [0.15, 0.2) is 0 Å². The van der Waals surface area contributed by atoms with Gasteiger partial charge in [0.25, 0.3) is 0 Å². The maximum Gasteiger partial charge on any atom is 0.317 e. The Bertz CT molecular complexity index is 301. The maximum atomic E-state index is 11.8. The minimum atomic E-state index is -0.843. The molecule has 0 unspecified atom stereocenters. The second-order valence-corrected chi connectivity index (χ2v) is 5.86. The van der Waals surface area contributed by atoms with E-state index in [1.54, 1.807) is 0 Å². The monoisotopic (exact) mass is 257 g/mol. The number of nitrogens with one attached hydrogen (secondary N) is 1. The molecule has 0 spiro atoms. The molecule has 0 aliphatic heterocycles. The highest BCUT2D eigenvalue weighted by Crippen LogP contribution is 2.26. The van der Waals surface area contributed by atoms with Gasteiger partial charge in [0.05, 0.1) is 12.5 Å². The van der Waals surface area contributed by atoms with Gasteiger partial charge in [-0.1, -0.05) is 0 Å². The van der Waals surface area contributed by atoms with Crippen LogP contribution >= 0.6 is 0 Å². The molecule has 1 aliphatic carbocycles. The summed E-state index contributed by atoms with van der Waals surface area (Å²) in [5.41, 5.74) is -0.435. The Morgan fingerprint density at radius 2 is 1.78 bits per heavy atom. The van der Waals surface area contributed by atoms with Crippen LogP contribution in [0.5, 0.6) is 0 Å². The lowest BCUT2D eigenvalue weighted by atomic mass is 9.86. The van der Waals surface area contributed by atoms with Crippen LogP contribution in [0.3, 0.4) is 0 Å². The van der Waals surface area contributed by atoms with E-state index in [-0.39, 0.29) is 24.5 Å². The van der Waals surface area contributed by atoms with Crippen molar-refractivity contribution >= 4 is 11.9 Å². The van der Waals surface area contributed by atoms with Crippen molar-refractivity contribution in [3.63, 3.8) is 0 Å². The molecule has 0 amide bonds. The molecule has 0 saturated heterocycles. The highest BCUT2D eigenvalue weighted by molar-refractivity contribution is 5.73. The number of carboxylic acids is 1. The van der Waals surface area contributed by atoms with Gasteiger partial charge in [-0.05, 0) is 46.5 Å². The largest absolute Gasteiger partial charge is 0.480 e. The van der Waals surface area contributed by atoms with Crippen molar-refractivity contribution in [2.75, 3.05) is 6.54 Å². The van der Waals surface area contributed by atoms with E-state index in [1.165, 1.54) is 0 Å². The number of hydrogen-bond donors (Lipinski definition) is 2. The van der Waals surface area contributed by atoms with Crippen LogP contribution in [0.4, 0.5) is 0 Å². The van der Waals surface area contributed by atoms with E-state index in [1.807, 2.05) is 20.8 Å². The van der Waals surface area contributed by atoms with Gasteiger partial charge in [0.2, 0.25) is 0 Å². The zero-order chi connectivity index (χ0) is 13.8. The first kappa shape index (κ1) is 15.0. The number of rotatable bonds is 4. The first-order chi connectivity index (χ1) is 8.28. The summed E-state index contributed by atoms with van der Waals surface area (Å²) in [4.78, 5) is 22.3. The molecule has 0 aromatic rings. The number of ether oxygens (including phenoxy) is 1. The van der Waals surface area contributed by atoms with Gasteiger partial charge in [-0.15, -0.1) is 0 Å². The minimum Gasteiger partial charge on any atom is -0.480 e. The Kier molecular flexibility index (Phi) is 5.14. The molecule has 18 heavy (non-hydrogen) atoms. The highest BCUT2D eigenvalue weighted by Gasteiger charge is 2.29. The second kappa shape index (κ2) is 6.18. The summed E-state index contributed by atoms with van der Waals surface area (Å²) in [6.07, 6.45) is 3.20. The molecule has 104 valence electrons. The Labute approximate surface area is 108 Å². The van der Waals surface area contributed by atoms with Crippen molar-refractivity contribution in [3.8, 4) is 0 Å². The fraction of sp³-hybridized carbons (Fsp3) is 0.846. The normalized spacial score (nSPS) is 24.6. The number of aliphatic carboxylic acids is 1. The zero-order valence-electron chi connectivity index (χ0n) is 11.4. The van der Waals surface area contributed by atoms with Crippen LogP contribution in [0.1, 0.15) is 46.5 Å². The Balaban J connectivity index is 2.30. The lowest BCUT2D eigenvalue weighted by Gasteiger charge is -2.30. The Morgan fingerprint density at radius 1 is 1.22 bits per heavy atom. The lowest BCUT2D eigenvalue weighted by molar-refractivity contribution is -0.161. The van der Waals surface area contributed by atoms with Crippen LogP contribution in [-0.2, 0) is 14.3 Å². The van der Waals surface area contributed by atoms with Crippen molar-refractivity contribution in [1.82, 2.24) is 5.32 Å². The van der Waals surface area contributed by atoms with Gasteiger partial charge in [-0.3, -0.25) is 9.59 Å². The summed E-state index contributed by atoms with van der Waals surface area (Å²) in [5.74, 6) is -1.00. The predicted octanol–water partition coefficient (Wildman–Crippen LogP) is 1.56. The molecule has 0 atom stereocenters. The molecule has 0 heterocycles. The number of esters is 1. The number of carboxylic acid groups (broad SMARTS) is 1. The smallest absolute Gasteiger partial charge is 0.317 e. The van der Waals surface area contributed by atoms with Gasteiger partial charge >= 0.3 is 11.9 Å². The number of carbonyl (C=O) groups excluding carboxylic acids is 1. The molecule has 1 rings (SSSR count). The molecule has 1 fully saturated rings. The fourth-order valence-corrected chi connectivity index (χ4v) is 2.15. The van der Waals surface area contributed by atoms with Gasteiger partial charge in [-0.25, -0.2) is 0 Å². The third kappa shape index (κ3) is 5.49. The van der Waals surface area contributed by atoms with Gasteiger partial charge < -0.3 is 15.2 Å². The summed E-state index contributed by atoms with van der Waals surface area (Å²) in [7, 11) is 0. The predicted molar refractivity (Wildman–Crippen MR) is 67.2 cm³/mol. The summed E-state index contributed by atoms with van der Waals surface area (Å²) >= 11 is 0. The minimum absolute atomic E-state index is 0.0121. The SMILES string of the molecule is CC(C)(C)OC(=O)C1CCC(NCC(=O)O)CC1. The van der Waals surface area contributed by atoms with Crippen molar-refractivity contribution < 1.29 is 19.4 Å². The van der Waals surface area contributed by atoms with Crippen LogP contribution in [0, 0.1) is 5.92 Å². The molecule has 0 aromatic heterocycles. The molecule has 0 bridgehead atoms. The molecular weight excluding hydrogens is 234 g/mol. The Hall–Kier alpha value is -1.10. The number of hydrogen-bond acceptors (Lipinski definition) is 4. The Morgan fingerprint density at radius 3 is 2.22 bits per heavy atom. The quantitative estimate of drug-likeness (QED) is 0.747. The molecule has 2 N–H and O–H groups in total. The number of carbonyl (C=O) groups is 2. The summed E-state index contributed by atoms with van der Waals surface area (Å²) in [6, 6.07) is 0.208. The lowest BCUT2D eigenvalue weighted by Crippen LogP contribution is -2.39. The van der Waals surface area contributed by atoms with E-state index in [9.17, 15) is 9.59 Å². The first-order valence-electron chi connectivity index (χ1n) is 6.46. The topological polar surface area (TPSA) is 75.6 Å². The van der Waals surface area contributed by atoms with Gasteiger partial charge in [0.15, 0.2) is 0 Å². The van der Waals surface area contributed by atoms with Gasteiger partial charge in [-0.2, -0.15) is 0 Å². The molecule has 5 heteroatoms.